The van der Waals surface area contributed by atoms with Crippen LogP contribution < -0.4 is 0 Å². The Morgan fingerprint density at radius 3 is 2.64 bits per heavy atom. The summed E-state index contributed by atoms with van der Waals surface area (Å²) in [7, 11) is 0. The van der Waals surface area contributed by atoms with Gasteiger partial charge in [0.15, 0.2) is 5.82 Å². The predicted molar refractivity (Wildman–Crippen MR) is 53.4 cm³/mol. The lowest BCUT2D eigenvalue weighted by Crippen LogP contribution is -2.03. The molecule has 72 valence electrons. The minimum atomic E-state index is -0.204. The maximum atomic E-state index is 5.94. The van der Waals surface area contributed by atoms with Crippen molar-refractivity contribution in [2.75, 3.05) is 0 Å². The van der Waals surface area contributed by atoms with Crippen LogP contribution in [0.3, 0.4) is 0 Å². The number of tetrazole rings is 1. The van der Waals surface area contributed by atoms with Crippen LogP contribution in [0.15, 0.2) is 30.3 Å². The van der Waals surface area contributed by atoms with E-state index in [1.54, 1.807) is 4.68 Å². The van der Waals surface area contributed by atoms with Gasteiger partial charge in [0.1, 0.15) is 0 Å². The van der Waals surface area contributed by atoms with Crippen molar-refractivity contribution in [1.29, 1.82) is 0 Å². The van der Waals surface area contributed by atoms with Crippen LogP contribution >= 0.6 is 11.6 Å². The minimum absolute atomic E-state index is 0.204. The third kappa shape index (κ3) is 1.61. The van der Waals surface area contributed by atoms with Gasteiger partial charge in [-0.25, -0.2) is 0 Å². The maximum absolute atomic E-state index is 5.94. The second kappa shape index (κ2) is 3.75. The highest BCUT2D eigenvalue weighted by Crippen LogP contribution is 2.18. The highest BCUT2D eigenvalue weighted by molar-refractivity contribution is 6.20. The fraction of sp³-hybridized carbons (Fsp3) is 0.222. The van der Waals surface area contributed by atoms with Gasteiger partial charge in [0.05, 0.1) is 11.1 Å². The first-order chi connectivity index (χ1) is 6.79. The monoisotopic (exact) mass is 208 g/mol. The molecule has 14 heavy (non-hydrogen) atoms. The molecule has 0 N–H and O–H groups in total. The number of halogens is 1. The average molecular weight is 209 g/mol. The van der Waals surface area contributed by atoms with Crippen LogP contribution in [0.4, 0.5) is 0 Å². The first-order valence-corrected chi connectivity index (χ1v) is 4.70. The van der Waals surface area contributed by atoms with Gasteiger partial charge < -0.3 is 0 Å². The number of rotatable bonds is 2. The van der Waals surface area contributed by atoms with Gasteiger partial charge in [-0.1, -0.05) is 18.2 Å². The smallest absolute Gasteiger partial charge is 0.174 e. The SMILES string of the molecule is C[C@@H](Cl)c1nnnn1-c1ccccc1. The van der Waals surface area contributed by atoms with E-state index >= 15 is 0 Å². The zero-order chi connectivity index (χ0) is 9.97. The Kier molecular flexibility index (Phi) is 2.45. The van der Waals surface area contributed by atoms with E-state index in [4.69, 9.17) is 11.6 Å². The van der Waals surface area contributed by atoms with Gasteiger partial charge in [-0.2, -0.15) is 4.68 Å². The van der Waals surface area contributed by atoms with E-state index in [9.17, 15) is 0 Å². The molecule has 0 amide bonds. The Labute approximate surface area is 86.5 Å². The molecule has 1 heterocycles. The molecule has 0 fully saturated rings. The number of aromatic nitrogens is 4. The summed E-state index contributed by atoms with van der Waals surface area (Å²) in [5.74, 6) is 0.651. The molecule has 0 aliphatic rings. The van der Waals surface area contributed by atoms with Gasteiger partial charge in [-0.3, -0.25) is 0 Å². The van der Waals surface area contributed by atoms with Gasteiger partial charge in [0.25, 0.3) is 0 Å². The van der Waals surface area contributed by atoms with Gasteiger partial charge in [0.2, 0.25) is 0 Å². The standard InChI is InChI=1S/C9H9ClN4/c1-7(10)9-11-12-13-14(9)8-5-3-2-4-6-8/h2-7H,1H3/t7-/m1/s1. The van der Waals surface area contributed by atoms with E-state index in [1.807, 2.05) is 37.3 Å². The zero-order valence-electron chi connectivity index (χ0n) is 7.63. The number of benzene rings is 1. The lowest BCUT2D eigenvalue weighted by Gasteiger charge is -2.04. The number of hydrogen-bond donors (Lipinski definition) is 0. The summed E-state index contributed by atoms with van der Waals surface area (Å²) < 4.78 is 1.64. The highest BCUT2D eigenvalue weighted by Gasteiger charge is 2.12. The summed E-state index contributed by atoms with van der Waals surface area (Å²) >= 11 is 5.94. The molecule has 0 unspecified atom stereocenters. The molecule has 0 aliphatic heterocycles. The van der Waals surface area contributed by atoms with E-state index < -0.39 is 0 Å². The molecular formula is C9H9ClN4. The molecule has 4 nitrogen and oxygen atoms in total. The van der Waals surface area contributed by atoms with Crippen LogP contribution in [0.2, 0.25) is 0 Å². The number of hydrogen-bond acceptors (Lipinski definition) is 3. The molecule has 0 bridgehead atoms. The predicted octanol–water partition coefficient (Wildman–Crippen LogP) is 1.96. The fourth-order valence-corrected chi connectivity index (χ4v) is 1.33. The van der Waals surface area contributed by atoms with E-state index in [0.29, 0.717) is 5.82 Å². The van der Waals surface area contributed by atoms with Crippen LogP contribution in [-0.4, -0.2) is 20.2 Å². The largest absolute Gasteiger partial charge is 0.196 e. The van der Waals surface area contributed by atoms with E-state index in [-0.39, 0.29) is 5.38 Å². The number of alkyl halides is 1. The van der Waals surface area contributed by atoms with Crippen LogP contribution in [-0.2, 0) is 0 Å². The van der Waals surface area contributed by atoms with Crippen molar-refractivity contribution in [3.63, 3.8) is 0 Å². The van der Waals surface area contributed by atoms with Crippen molar-refractivity contribution >= 4 is 11.6 Å². The summed E-state index contributed by atoms with van der Waals surface area (Å²) in [5, 5.41) is 11.1. The molecule has 1 aromatic heterocycles. The number of nitrogens with zero attached hydrogens (tertiary/aromatic N) is 4. The van der Waals surface area contributed by atoms with Gasteiger partial charge in [0, 0.05) is 0 Å². The molecule has 2 aromatic rings. The summed E-state index contributed by atoms with van der Waals surface area (Å²) in [4.78, 5) is 0. The van der Waals surface area contributed by atoms with Crippen LogP contribution in [0.1, 0.15) is 18.1 Å². The normalized spacial score (nSPS) is 12.7. The van der Waals surface area contributed by atoms with Crippen molar-refractivity contribution in [2.45, 2.75) is 12.3 Å². The average Bonchev–Trinajstić information content (AvgIpc) is 2.67. The zero-order valence-corrected chi connectivity index (χ0v) is 8.39. The lowest BCUT2D eigenvalue weighted by atomic mass is 10.3. The summed E-state index contributed by atoms with van der Waals surface area (Å²) in [5.41, 5.74) is 0.917. The first-order valence-electron chi connectivity index (χ1n) is 4.27. The molecule has 0 spiro atoms. The molecule has 0 radical (unpaired) electrons. The summed E-state index contributed by atoms with van der Waals surface area (Å²) in [6.07, 6.45) is 0. The minimum Gasteiger partial charge on any atom is -0.196 e. The molecule has 1 aromatic carbocycles. The van der Waals surface area contributed by atoms with Crippen molar-refractivity contribution in [3.05, 3.63) is 36.2 Å². The Balaban J connectivity index is 2.47. The quantitative estimate of drug-likeness (QED) is 0.709. The third-order valence-electron chi connectivity index (χ3n) is 1.85. The second-order valence-electron chi connectivity index (χ2n) is 2.90. The molecular weight excluding hydrogens is 200 g/mol. The summed E-state index contributed by atoms with van der Waals surface area (Å²) in [6, 6.07) is 9.66. The first kappa shape index (κ1) is 9.15. The van der Waals surface area contributed by atoms with Crippen LogP contribution in [0.5, 0.6) is 0 Å². The highest BCUT2D eigenvalue weighted by atomic mass is 35.5. The molecule has 0 saturated heterocycles. The van der Waals surface area contributed by atoms with Gasteiger partial charge >= 0.3 is 0 Å². The van der Waals surface area contributed by atoms with Crippen LogP contribution in [0, 0.1) is 0 Å². The lowest BCUT2D eigenvalue weighted by molar-refractivity contribution is 0.761. The molecule has 0 saturated carbocycles. The van der Waals surface area contributed by atoms with Crippen molar-refractivity contribution < 1.29 is 0 Å². The maximum Gasteiger partial charge on any atom is 0.174 e. The summed E-state index contributed by atoms with van der Waals surface area (Å²) in [6.45, 7) is 1.84. The van der Waals surface area contributed by atoms with Gasteiger partial charge in [-0.15, -0.1) is 16.7 Å². The fourth-order valence-electron chi connectivity index (χ4n) is 1.20. The Bertz CT molecular complexity index is 410. The van der Waals surface area contributed by atoms with Crippen molar-refractivity contribution in [2.24, 2.45) is 0 Å². The Hall–Kier alpha value is -1.42. The Morgan fingerprint density at radius 2 is 2.00 bits per heavy atom. The molecule has 5 heteroatoms. The molecule has 1 atom stereocenters. The van der Waals surface area contributed by atoms with Gasteiger partial charge in [-0.05, 0) is 29.5 Å². The Morgan fingerprint density at radius 1 is 1.29 bits per heavy atom. The van der Waals surface area contributed by atoms with Crippen molar-refractivity contribution in [3.8, 4) is 5.69 Å². The van der Waals surface area contributed by atoms with Crippen molar-refractivity contribution in [1.82, 2.24) is 20.2 Å². The third-order valence-corrected chi connectivity index (χ3v) is 2.05. The van der Waals surface area contributed by atoms with E-state index in [1.165, 1.54) is 0 Å². The van der Waals surface area contributed by atoms with E-state index in [0.717, 1.165) is 5.69 Å². The topological polar surface area (TPSA) is 43.6 Å². The molecule has 2 rings (SSSR count). The number of para-hydroxylation sites is 1. The second-order valence-corrected chi connectivity index (χ2v) is 3.56. The molecule has 0 aliphatic carbocycles. The van der Waals surface area contributed by atoms with E-state index in [2.05, 4.69) is 15.5 Å². The van der Waals surface area contributed by atoms with Crippen LogP contribution in [0.25, 0.3) is 5.69 Å².